The van der Waals surface area contributed by atoms with E-state index in [1.165, 1.54) is 0 Å². The summed E-state index contributed by atoms with van der Waals surface area (Å²) in [5.74, 6) is -0.113. The Morgan fingerprint density at radius 2 is 1.94 bits per heavy atom. The van der Waals surface area contributed by atoms with Gasteiger partial charge >= 0.3 is 5.97 Å². The number of aromatic nitrogens is 2. The van der Waals surface area contributed by atoms with Crippen LogP contribution in [0.4, 0.5) is 5.95 Å². The number of carboxylic acid groups (broad SMARTS) is 1. The van der Waals surface area contributed by atoms with Crippen LogP contribution in [0.25, 0.3) is 0 Å². The number of nitrogens with zero attached hydrogens (tertiary/aromatic N) is 3. The van der Waals surface area contributed by atoms with Gasteiger partial charge in [0.1, 0.15) is 0 Å². The van der Waals surface area contributed by atoms with E-state index >= 15 is 0 Å². The molecule has 1 heterocycles. The number of aliphatic carboxylic acids is 1. The highest BCUT2D eigenvalue weighted by Crippen LogP contribution is 2.08. The van der Waals surface area contributed by atoms with Crippen LogP contribution in [0, 0.1) is 13.8 Å². The van der Waals surface area contributed by atoms with Gasteiger partial charge in [0.2, 0.25) is 5.95 Å². The Bertz CT molecular complexity index is 359. The molecular weight excluding hydrogens is 206 g/mol. The van der Waals surface area contributed by atoms with E-state index in [9.17, 15) is 4.79 Å². The molecule has 5 nitrogen and oxygen atoms in total. The molecule has 0 saturated heterocycles. The Morgan fingerprint density at radius 3 is 2.44 bits per heavy atom. The summed E-state index contributed by atoms with van der Waals surface area (Å²) in [4.78, 5) is 20.9. The van der Waals surface area contributed by atoms with Crippen molar-refractivity contribution in [3.05, 3.63) is 17.5 Å². The maximum atomic E-state index is 10.4. The Morgan fingerprint density at radius 1 is 1.38 bits per heavy atom. The van der Waals surface area contributed by atoms with Crippen molar-refractivity contribution in [1.29, 1.82) is 0 Å². The molecule has 88 valence electrons. The molecule has 0 radical (unpaired) electrons. The Labute approximate surface area is 95.1 Å². The molecule has 0 spiro atoms. The highest BCUT2D eigenvalue weighted by Gasteiger charge is 2.06. The largest absolute Gasteiger partial charge is 0.481 e. The molecule has 0 unspecified atom stereocenters. The summed E-state index contributed by atoms with van der Waals surface area (Å²) in [6, 6.07) is 1.91. The van der Waals surface area contributed by atoms with Crippen LogP contribution >= 0.6 is 0 Å². The first-order valence-electron chi connectivity index (χ1n) is 5.24. The molecule has 0 aliphatic heterocycles. The number of carbonyl (C=O) groups is 1. The van der Waals surface area contributed by atoms with E-state index in [0.717, 1.165) is 11.4 Å². The number of hydrogen-bond acceptors (Lipinski definition) is 4. The van der Waals surface area contributed by atoms with Gasteiger partial charge in [-0.1, -0.05) is 0 Å². The van der Waals surface area contributed by atoms with Crippen molar-refractivity contribution in [2.24, 2.45) is 0 Å². The molecule has 1 N–H and O–H groups in total. The van der Waals surface area contributed by atoms with E-state index in [2.05, 4.69) is 9.97 Å². The number of aryl methyl sites for hydroxylation is 2. The van der Waals surface area contributed by atoms with Gasteiger partial charge in [0, 0.05) is 31.4 Å². The maximum absolute atomic E-state index is 10.4. The highest BCUT2D eigenvalue weighted by atomic mass is 16.4. The molecule has 0 atom stereocenters. The van der Waals surface area contributed by atoms with Crippen LogP contribution in [0.15, 0.2) is 6.07 Å². The minimum absolute atomic E-state index is 0.176. The van der Waals surface area contributed by atoms with Gasteiger partial charge in [0.05, 0.1) is 0 Å². The molecule has 0 aromatic carbocycles. The average Bonchev–Trinajstić information content (AvgIpc) is 2.15. The molecule has 1 aromatic rings. The number of hydrogen-bond donors (Lipinski definition) is 1. The van der Waals surface area contributed by atoms with Crippen molar-refractivity contribution in [2.75, 3.05) is 18.5 Å². The lowest BCUT2D eigenvalue weighted by Gasteiger charge is -2.17. The molecule has 0 amide bonds. The van der Waals surface area contributed by atoms with Gasteiger partial charge < -0.3 is 10.0 Å². The molecule has 16 heavy (non-hydrogen) atoms. The van der Waals surface area contributed by atoms with E-state index in [1.54, 1.807) is 0 Å². The first-order valence-corrected chi connectivity index (χ1v) is 5.24. The molecule has 0 bridgehead atoms. The van der Waals surface area contributed by atoms with Crippen molar-refractivity contribution < 1.29 is 9.90 Å². The third-order valence-corrected chi connectivity index (χ3v) is 2.20. The SMILES string of the molecule is Cc1cc(C)nc(N(C)CCCC(=O)O)n1. The Kier molecular flexibility index (Phi) is 4.22. The van der Waals surface area contributed by atoms with Gasteiger partial charge in [0.15, 0.2) is 0 Å². The summed E-state index contributed by atoms with van der Waals surface area (Å²) < 4.78 is 0. The molecule has 5 heteroatoms. The van der Waals surface area contributed by atoms with E-state index in [0.29, 0.717) is 18.9 Å². The zero-order valence-electron chi connectivity index (χ0n) is 9.90. The lowest BCUT2D eigenvalue weighted by atomic mass is 10.3. The zero-order chi connectivity index (χ0) is 12.1. The van der Waals surface area contributed by atoms with Gasteiger partial charge in [-0.05, 0) is 26.3 Å². The average molecular weight is 223 g/mol. The Hall–Kier alpha value is -1.65. The summed E-state index contributed by atoms with van der Waals surface area (Å²) in [5.41, 5.74) is 1.85. The molecule has 0 aliphatic carbocycles. The maximum Gasteiger partial charge on any atom is 0.303 e. The van der Waals surface area contributed by atoms with E-state index in [-0.39, 0.29) is 6.42 Å². The number of rotatable bonds is 5. The molecule has 0 saturated carbocycles. The smallest absolute Gasteiger partial charge is 0.303 e. The molecule has 1 aromatic heterocycles. The van der Waals surface area contributed by atoms with Crippen LogP contribution in [-0.4, -0.2) is 34.6 Å². The third-order valence-electron chi connectivity index (χ3n) is 2.20. The van der Waals surface area contributed by atoms with Crippen LogP contribution in [0.3, 0.4) is 0 Å². The standard InChI is InChI=1S/C11H17N3O2/c1-8-7-9(2)13-11(12-8)14(3)6-4-5-10(15)16/h7H,4-6H2,1-3H3,(H,15,16). The quantitative estimate of drug-likeness (QED) is 0.817. The number of anilines is 1. The van der Waals surface area contributed by atoms with Crippen molar-refractivity contribution in [3.8, 4) is 0 Å². The first-order chi connectivity index (χ1) is 7.49. The van der Waals surface area contributed by atoms with Crippen molar-refractivity contribution in [1.82, 2.24) is 9.97 Å². The van der Waals surface area contributed by atoms with Crippen LogP contribution in [-0.2, 0) is 4.79 Å². The first kappa shape index (κ1) is 12.4. The second-order valence-corrected chi connectivity index (χ2v) is 3.87. The summed E-state index contributed by atoms with van der Waals surface area (Å²) in [6.45, 7) is 4.49. The summed E-state index contributed by atoms with van der Waals surface area (Å²) in [7, 11) is 1.87. The minimum atomic E-state index is -0.769. The molecular formula is C11H17N3O2. The molecule has 1 rings (SSSR count). The van der Waals surface area contributed by atoms with Gasteiger partial charge in [-0.25, -0.2) is 9.97 Å². The van der Waals surface area contributed by atoms with Crippen LogP contribution in [0.2, 0.25) is 0 Å². The fourth-order valence-corrected chi connectivity index (χ4v) is 1.45. The normalized spacial score (nSPS) is 10.2. The number of carboxylic acids is 1. The highest BCUT2D eigenvalue weighted by molar-refractivity contribution is 5.66. The third kappa shape index (κ3) is 3.84. The van der Waals surface area contributed by atoms with Crippen molar-refractivity contribution in [3.63, 3.8) is 0 Å². The predicted molar refractivity (Wildman–Crippen MR) is 61.6 cm³/mol. The van der Waals surface area contributed by atoms with Gasteiger partial charge in [-0.3, -0.25) is 4.79 Å². The lowest BCUT2D eigenvalue weighted by molar-refractivity contribution is -0.137. The lowest BCUT2D eigenvalue weighted by Crippen LogP contribution is -2.22. The molecule has 0 fully saturated rings. The second kappa shape index (κ2) is 5.44. The monoisotopic (exact) mass is 223 g/mol. The van der Waals surface area contributed by atoms with Gasteiger partial charge in [0.25, 0.3) is 0 Å². The van der Waals surface area contributed by atoms with Crippen LogP contribution in [0.1, 0.15) is 24.2 Å². The van der Waals surface area contributed by atoms with E-state index < -0.39 is 5.97 Å². The summed E-state index contributed by atoms with van der Waals surface area (Å²) in [6.07, 6.45) is 0.775. The van der Waals surface area contributed by atoms with Gasteiger partial charge in [-0.15, -0.1) is 0 Å². The Balaban J connectivity index is 2.58. The topological polar surface area (TPSA) is 66.3 Å². The van der Waals surface area contributed by atoms with E-state index in [4.69, 9.17) is 5.11 Å². The predicted octanol–water partition coefficient (Wildman–Crippen LogP) is 1.39. The minimum Gasteiger partial charge on any atom is -0.481 e. The fraction of sp³-hybridized carbons (Fsp3) is 0.545. The van der Waals surface area contributed by atoms with Crippen molar-refractivity contribution >= 4 is 11.9 Å². The summed E-state index contributed by atoms with van der Waals surface area (Å²) in [5, 5.41) is 8.54. The fourth-order valence-electron chi connectivity index (χ4n) is 1.45. The summed E-state index contributed by atoms with van der Waals surface area (Å²) >= 11 is 0. The van der Waals surface area contributed by atoms with E-state index in [1.807, 2.05) is 31.9 Å². The van der Waals surface area contributed by atoms with Gasteiger partial charge in [-0.2, -0.15) is 0 Å². The van der Waals surface area contributed by atoms with Crippen LogP contribution in [0.5, 0.6) is 0 Å². The second-order valence-electron chi connectivity index (χ2n) is 3.87. The van der Waals surface area contributed by atoms with Crippen LogP contribution < -0.4 is 4.90 Å². The van der Waals surface area contributed by atoms with Crippen molar-refractivity contribution in [2.45, 2.75) is 26.7 Å². The molecule has 0 aliphatic rings. The zero-order valence-corrected chi connectivity index (χ0v) is 9.90.